The Bertz CT molecular complexity index is 1180. The second kappa shape index (κ2) is 10.8. The fraction of sp³-hybridized carbons (Fsp3) is 0.241. The van der Waals surface area contributed by atoms with Crippen LogP contribution in [0.3, 0.4) is 0 Å². The van der Waals surface area contributed by atoms with Gasteiger partial charge in [-0.05, 0) is 64.9 Å². The Morgan fingerprint density at radius 1 is 0.941 bits per heavy atom. The van der Waals surface area contributed by atoms with Crippen LogP contribution in [0.15, 0.2) is 72.8 Å². The summed E-state index contributed by atoms with van der Waals surface area (Å²) in [6, 6.07) is 20.6. The topological polar surface area (TPSA) is 72.8 Å². The highest BCUT2D eigenvalue weighted by Crippen LogP contribution is 2.29. The van der Waals surface area contributed by atoms with Gasteiger partial charge in [-0.15, -0.1) is 0 Å². The maximum atomic E-state index is 11.9. The monoisotopic (exact) mass is 458 g/mol. The van der Waals surface area contributed by atoms with E-state index < -0.39 is 11.9 Å². The first-order valence-electron chi connectivity index (χ1n) is 11.2. The number of aromatic carboxylic acids is 1. The van der Waals surface area contributed by atoms with Gasteiger partial charge in [-0.25, -0.2) is 9.59 Å². The zero-order valence-corrected chi connectivity index (χ0v) is 20.0. The van der Waals surface area contributed by atoms with Gasteiger partial charge in [0.15, 0.2) is 0 Å². The predicted molar refractivity (Wildman–Crippen MR) is 134 cm³/mol. The quantitative estimate of drug-likeness (QED) is 0.308. The van der Waals surface area contributed by atoms with Crippen molar-refractivity contribution in [3.8, 4) is 16.9 Å². The largest absolute Gasteiger partial charge is 0.488 e. The van der Waals surface area contributed by atoms with E-state index in [9.17, 15) is 14.7 Å². The molecule has 0 bridgehead atoms. The van der Waals surface area contributed by atoms with E-state index in [1.807, 2.05) is 24.3 Å². The molecule has 0 aliphatic carbocycles. The van der Waals surface area contributed by atoms with E-state index in [0.717, 1.165) is 16.7 Å². The summed E-state index contributed by atoms with van der Waals surface area (Å²) in [4.78, 5) is 23.2. The first-order chi connectivity index (χ1) is 16.2. The number of ether oxygens (including phenoxy) is 2. The maximum absolute atomic E-state index is 11.9. The summed E-state index contributed by atoms with van der Waals surface area (Å²) in [6.45, 7) is 8.94. The van der Waals surface area contributed by atoms with Crippen LogP contribution in [0, 0.1) is 0 Å². The van der Waals surface area contributed by atoms with Crippen molar-refractivity contribution >= 4 is 18.0 Å². The molecule has 34 heavy (non-hydrogen) atoms. The molecule has 0 fully saturated rings. The van der Waals surface area contributed by atoms with Crippen molar-refractivity contribution in [3.05, 3.63) is 95.1 Å². The summed E-state index contributed by atoms with van der Waals surface area (Å²) >= 11 is 0. The lowest BCUT2D eigenvalue weighted by Gasteiger charge is -2.19. The highest BCUT2D eigenvalue weighted by atomic mass is 16.5. The first kappa shape index (κ1) is 24.8. The molecule has 3 rings (SSSR count). The molecule has 0 aliphatic rings. The molecule has 0 unspecified atom stereocenters. The minimum Gasteiger partial charge on any atom is -0.488 e. The third kappa shape index (κ3) is 6.58. The van der Waals surface area contributed by atoms with Crippen LogP contribution < -0.4 is 4.74 Å². The Balaban J connectivity index is 1.89. The van der Waals surface area contributed by atoms with Crippen molar-refractivity contribution in [1.82, 2.24) is 0 Å². The Labute approximate surface area is 200 Å². The molecule has 0 atom stereocenters. The molecule has 0 amide bonds. The summed E-state index contributed by atoms with van der Waals surface area (Å²) in [7, 11) is 0. The molecule has 0 spiro atoms. The van der Waals surface area contributed by atoms with E-state index in [1.54, 1.807) is 31.2 Å². The smallest absolute Gasteiger partial charge is 0.335 e. The van der Waals surface area contributed by atoms with E-state index in [4.69, 9.17) is 9.47 Å². The third-order valence-electron chi connectivity index (χ3n) is 5.35. The Morgan fingerprint density at radius 2 is 1.65 bits per heavy atom. The summed E-state index contributed by atoms with van der Waals surface area (Å²) < 4.78 is 11.1. The van der Waals surface area contributed by atoms with Crippen molar-refractivity contribution in [2.24, 2.45) is 0 Å². The fourth-order valence-electron chi connectivity index (χ4n) is 3.43. The van der Waals surface area contributed by atoms with Crippen molar-refractivity contribution < 1.29 is 24.2 Å². The minimum absolute atomic E-state index is 0.0816. The van der Waals surface area contributed by atoms with Gasteiger partial charge in [-0.1, -0.05) is 63.2 Å². The predicted octanol–water partition coefficient (Wildman–Crippen LogP) is 6.50. The number of carbonyl (C=O) groups is 2. The second-order valence-electron chi connectivity index (χ2n) is 8.96. The number of carboxylic acids is 1. The highest BCUT2D eigenvalue weighted by molar-refractivity contribution is 5.90. The summed E-state index contributed by atoms with van der Waals surface area (Å²) in [5.41, 5.74) is 4.84. The third-order valence-corrected chi connectivity index (χ3v) is 5.35. The van der Waals surface area contributed by atoms with Gasteiger partial charge in [0.25, 0.3) is 0 Å². The molecule has 0 radical (unpaired) electrons. The first-order valence-corrected chi connectivity index (χ1v) is 11.2. The lowest BCUT2D eigenvalue weighted by atomic mass is 9.87. The Morgan fingerprint density at radius 3 is 2.29 bits per heavy atom. The van der Waals surface area contributed by atoms with Crippen LogP contribution in [0.2, 0.25) is 0 Å². The number of rotatable bonds is 8. The van der Waals surface area contributed by atoms with Crippen LogP contribution in [-0.4, -0.2) is 23.7 Å². The fourth-order valence-corrected chi connectivity index (χ4v) is 3.43. The molecule has 176 valence electrons. The Kier molecular flexibility index (Phi) is 7.90. The van der Waals surface area contributed by atoms with Gasteiger partial charge in [-0.2, -0.15) is 0 Å². The second-order valence-corrected chi connectivity index (χ2v) is 8.96. The van der Waals surface area contributed by atoms with Crippen molar-refractivity contribution in [3.63, 3.8) is 0 Å². The minimum atomic E-state index is -0.985. The van der Waals surface area contributed by atoms with Crippen LogP contribution in [0.5, 0.6) is 5.75 Å². The normalized spacial score (nSPS) is 11.4. The maximum Gasteiger partial charge on any atom is 0.335 e. The molecular formula is C29H30O5. The summed E-state index contributed by atoms with van der Waals surface area (Å²) in [5, 5.41) is 9.31. The molecule has 5 nitrogen and oxygen atoms in total. The Hall–Kier alpha value is -3.86. The molecule has 5 heteroatoms. The van der Waals surface area contributed by atoms with Crippen LogP contribution >= 0.6 is 0 Å². The lowest BCUT2D eigenvalue weighted by Crippen LogP contribution is -2.10. The van der Waals surface area contributed by atoms with E-state index >= 15 is 0 Å². The van der Waals surface area contributed by atoms with Gasteiger partial charge in [0, 0.05) is 11.6 Å². The molecule has 0 saturated heterocycles. The molecule has 3 aromatic carbocycles. The zero-order valence-electron chi connectivity index (χ0n) is 20.0. The molecule has 1 N–H and O–H groups in total. The van der Waals surface area contributed by atoms with Crippen LogP contribution in [0.25, 0.3) is 17.2 Å². The van der Waals surface area contributed by atoms with Crippen LogP contribution in [0.4, 0.5) is 0 Å². The van der Waals surface area contributed by atoms with Crippen molar-refractivity contribution in [2.45, 2.75) is 39.7 Å². The SMILES string of the molecule is CCOC(=O)/C=C/c1cc(-c2cccc(C(=O)O)c2)ccc1OCc1ccc(C(C)(C)C)cc1. The number of esters is 1. The summed E-state index contributed by atoms with van der Waals surface area (Å²) in [5.74, 6) is -0.815. The van der Waals surface area contributed by atoms with E-state index in [2.05, 4.69) is 45.0 Å². The van der Waals surface area contributed by atoms with Crippen molar-refractivity contribution in [1.29, 1.82) is 0 Å². The van der Waals surface area contributed by atoms with Gasteiger partial charge in [-0.3, -0.25) is 0 Å². The zero-order chi connectivity index (χ0) is 24.7. The number of carboxylic acid groups (broad SMARTS) is 1. The average Bonchev–Trinajstić information content (AvgIpc) is 2.81. The standard InChI is InChI=1S/C29H30O5/c1-5-33-27(30)16-12-23-17-22(21-7-6-8-24(18-21)28(31)32)11-15-26(23)34-19-20-9-13-25(14-10-20)29(2,3)4/h6-18H,5,19H2,1-4H3,(H,31,32)/b16-12+. The van der Waals surface area contributed by atoms with Gasteiger partial charge in [0.05, 0.1) is 12.2 Å². The number of carbonyl (C=O) groups excluding carboxylic acids is 1. The van der Waals surface area contributed by atoms with Gasteiger partial charge < -0.3 is 14.6 Å². The van der Waals surface area contributed by atoms with Gasteiger partial charge >= 0.3 is 11.9 Å². The van der Waals surface area contributed by atoms with E-state index in [1.165, 1.54) is 11.6 Å². The van der Waals surface area contributed by atoms with Gasteiger partial charge in [0.2, 0.25) is 0 Å². The lowest BCUT2D eigenvalue weighted by molar-refractivity contribution is -0.137. The van der Waals surface area contributed by atoms with Crippen LogP contribution in [-0.2, 0) is 21.6 Å². The van der Waals surface area contributed by atoms with Gasteiger partial charge in [0.1, 0.15) is 12.4 Å². The highest BCUT2D eigenvalue weighted by Gasteiger charge is 2.13. The average molecular weight is 459 g/mol. The van der Waals surface area contributed by atoms with E-state index in [-0.39, 0.29) is 11.0 Å². The summed E-state index contributed by atoms with van der Waals surface area (Å²) in [6.07, 6.45) is 3.02. The number of benzene rings is 3. The molecule has 3 aromatic rings. The van der Waals surface area contributed by atoms with Crippen LogP contribution in [0.1, 0.15) is 54.7 Å². The number of hydrogen-bond donors (Lipinski definition) is 1. The number of hydrogen-bond acceptors (Lipinski definition) is 4. The molecule has 0 aromatic heterocycles. The molecular weight excluding hydrogens is 428 g/mol. The van der Waals surface area contributed by atoms with Crippen molar-refractivity contribution in [2.75, 3.05) is 6.61 Å². The molecule has 0 heterocycles. The van der Waals surface area contributed by atoms with E-state index in [0.29, 0.717) is 24.5 Å². The molecule has 0 aliphatic heterocycles. The molecule has 0 saturated carbocycles.